The predicted octanol–water partition coefficient (Wildman–Crippen LogP) is 4.58. The van der Waals surface area contributed by atoms with Gasteiger partial charge in [-0.3, -0.25) is 9.59 Å². The fourth-order valence-corrected chi connectivity index (χ4v) is 4.36. The maximum absolute atomic E-state index is 12.9. The third kappa shape index (κ3) is 4.51. The van der Waals surface area contributed by atoms with Gasteiger partial charge in [0.05, 0.1) is 11.0 Å². The van der Waals surface area contributed by atoms with Gasteiger partial charge in [0.2, 0.25) is 11.8 Å². The molecule has 3 aromatic rings. The van der Waals surface area contributed by atoms with E-state index < -0.39 is 0 Å². The van der Waals surface area contributed by atoms with Gasteiger partial charge in [0.1, 0.15) is 12.4 Å². The molecule has 1 aliphatic heterocycles. The van der Waals surface area contributed by atoms with Crippen LogP contribution in [0.2, 0.25) is 0 Å². The van der Waals surface area contributed by atoms with Crippen molar-refractivity contribution in [1.82, 2.24) is 14.5 Å². The van der Waals surface area contributed by atoms with Gasteiger partial charge in [-0.05, 0) is 42.8 Å². The number of hydrogen-bond acceptors (Lipinski definition) is 3. The summed E-state index contributed by atoms with van der Waals surface area (Å²) in [6.45, 7) is 3.66. The highest BCUT2D eigenvalue weighted by atomic mass is 79.9. The lowest BCUT2D eigenvalue weighted by molar-refractivity contribution is -0.130. The van der Waals surface area contributed by atoms with Crippen molar-refractivity contribution in [1.29, 1.82) is 0 Å². The molecule has 1 atom stereocenters. The minimum Gasteiger partial charge on any atom is -0.344 e. The summed E-state index contributed by atoms with van der Waals surface area (Å²) in [5.41, 5.74) is 2.68. The monoisotopic (exact) mass is 482 g/mol. The first-order valence-electron chi connectivity index (χ1n) is 10.7. The van der Waals surface area contributed by atoms with Crippen LogP contribution in [0.5, 0.6) is 0 Å². The third-order valence-electron chi connectivity index (χ3n) is 5.88. The van der Waals surface area contributed by atoms with Crippen LogP contribution in [-0.4, -0.2) is 46.4 Å². The fourth-order valence-electron chi connectivity index (χ4n) is 4.10. The second-order valence-electron chi connectivity index (χ2n) is 8.10. The van der Waals surface area contributed by atoms with Gasteiger partial charge < -0.3 is 14.4 Å². The van der Waals surface area contributed by atoms with Crippen LogP contribution in [0.25, 0.3) is 11.0 Å². The van der Waals surface area contributed by atoms with Crippen molar-refractivity contribution in [3.8, 4) is 0 Å². The second-order valence-corrected chi connectivity index (χ2v) is 9.01. The van der Waals surface area contributed by atoms with Crippen LogP contribution >= 0.6 is 15.9 Å². The lowest BCUT2D eigenvalue weighted by Gasteiger charge is -2.20. The van der Waals surface area contributed by atoms with E-state index in [1.54, 1.807) is 4.90 Å². The van der Waals surface area contributed by atoms with Crippen molar-refractivity contribution in [3.05, 3.63) is 58.8 Å². The Morgan fingerprint density at radius 2 is 1.94 bits per heavy atom. The molecule has 0 saturated carbocycles. The van der Waals surface area contributed by atoms with E-state index in [4.69, 9.17) is 4.98 Å². The molecular weight excluding hydrogens is 456 g/mol. The van der Waals surface area contributed by atoms with Crippen LogP contribution in [0.15, 0.2) is 53.0 Å². The molecule has 31 heavy (non-hydrogen) atoms. The molecule has 6 nitrogen and oxygen atoms in total. The Bertz CT molecular complexity index is 1090. The van der Waals surface area contributed by atoms with E-state index in [9.17, 15) is 9.59 Å². The molecule has 0 aliphatic carbocycles. The Labute approximate surface area is 191 Å². The number of amides is 2. The average Bonchev–Trinajstić information content (AvgIpc) is 3.33. The fraction of sp³-hybridized carbons (Fsp3) is 0.375. The van der Waals surface area contributed by atoms with Crippen molar-refractivity contribution in [2.24, 2.45) is 0 Å². The summed E-state index contributed by atoms with van der Waals surface area (Å²) in [5.74, 6) is 0.896. The van der Waals surface area contributed by atoms with Gasteiger partial charge in [0, 0.05) is 42.6 Å². The molecule has 1 aromatic heterocycles. The predicted molar refractivity (Wildman–Crippen MR) is 126 cm³/mol. The van der Waals surface area contributed by atoms with Crippen LogP contribution in [0.3, 0.4) is 0 Å². The third-order valence-corrected chi connectivity index (χ3v) is 6.41. The van der Waals surface area contributed by atoms with Crippen LogP contribution in [0, 0.1) is 0 Å². The maximum atomic E-state index is 12.9. The quantitative estimate of drug-likeness (QED) is 0.495. The number of imidazole rings is 1. The highest BCUT2D eigenvalue weighted by Gasteiger charge is 2.35. The highest BCUT2D eigenvalue weighted by Crippen LogP contribution is 2.33. The molecule has 1 saturated heterocycles. The average molecular weight is 483 g/mol. The van der Waals surface area contributed by atoms with Crippen LogP contribution in [-0.2, 0) is 16.1 Å². The number of para-hydroxylation sites is 2. The number of halogens is 1. The van der Waals surface area contributed by atoms with Gasteiger partial charge in [-0.25, -0.2) is 4.98 Å². The Balaban J connectivity index is 1.63. The second kappa shape index (κ2) is 9.22. The van der Waals surface area contributed by atoms with Gasteiger partial charge in [-0.1, -0.05) is 41.4 Å². The molecule has 7 heteroatoms. The number of likely N-dealkylation sites (N-methyl/N-ethyl adjacent to an activating group) is 1. The molecule has 2 heterocycles. The first-order valence-corrected chi connectivity index (χ1v) is 11.5. The molecule has 1 aliphatic rings. The van der Waals surface area contributed by atoms with Crippen LogP contribution in [0.4, 0.5) is 5.69 Å². The standard InChI is InChI=1S/C24H27BrN4O2/c1-3-4-13-27(2)23(31)16-29-21-8-6-5-7-20(21)26-24(29)17-14-22(30)28(15-17)19-11-9-18(25)10-12-19/h5-12,17H,3-4,13-16H2,1-2H3. The Morgan fingerprint density at radius 1 is 1.19 bits per heavy atom. The summed E-state index contributed by atoms with van der Waals surface area (Å²) in [6, 6.07) is 15.6. The molecule has 162 valence electrons. The van der Waals surface area contributed by atoms with Gasteiger partial charge in [-0.2, -0.15) is 0 Å². The largest absolute Gasteiger partial charge is 0.344 e. The molecule has 1 unspecified atom stereocenters. The Morgan fingerprint density at radius 3 is 2.68 bits per heavy atom. The molecule has 0 radical (unpaired) electrons. The van der Waals surface area contributed by atoms with Gasteiger partial charge in [0.15, 0.2) is 0 Å². The van der Waals surface area contributed by atoms with Crippen LogP contribution < -0.4 is 4.90 Å². The SMILES string of the molecule is CCCCN(C)C(=O)Cn1c(C2CC(=O)N(c3ccc(Br)cc3)C2)nc2ccccc21. The van der Waals surface area contributed by atoms with E-state index in [-0.39, 0.29) is 24.3 Å². The Kier molecular flexibility index (Phi) is 6.41. The molecule has 0 spiro atoms. The number of aromatic nitrogens is 2. The number of benzene rings is 2. The smallest absolute Gasteiger partial charge is 0.242 e. The van der Waals surface area contributed by atoms with Gasteiger partial charge >= 0.3 is 0 Å². The minimum absolute atomic E-state index is 0.0581. The van der Waals surface area contributed by atoms with E-state index in [0.29, 0.717) is 13.0 Å². The van der Waals surface area contributed by atoms with Crippen molar-refractivity contribution < 1.29 is 9.59 Å². The van der Waals surface area contributed by atoms with E-state index in [1.807, 2.05) is 65.0 Å². The van der Waals surface area contributed by atoms with E-state index in [2.05, 4.69) is 22.9 Å². The summed E-state index contributed by atoms with van der Waals surface area (Å²) >= 11 is 3.44. The highest BCUT2D eigenvalue weighted by molar-refractivity contribution is 9.10. The summed E-state index contributed by atoms with van der Waals surface area (Å²) in [5, 5.41) is 0. The number of fused-ring (bicyclic) bond motifs is 1. The van der Waals surface area contributed by atoms with Crippen molar-refractivity contribution in [2.45, 2.75) is 38.6 Å². The molecule has 0 N–H and O–H groups in total. The molecule has 2 amide bonds. The molecule has 0 bridgehead atoms. The number of carbonyl (C=O) groups excluding carboxylic acids is 2. The van der Waals surface area contributed by atoms with E-state index >= 15 is 0 Å². The lowest BCUT2D eigenvalue weighted by Crippen LogP contribution is -2.32. The topological polar surface area (TPSA) is 58.4 Å². The summed E-state index contributed by atoms with van der Waals surface area (Å²) in [7, 11) is 1.85. The first-order chi connectivity index (χ1) is 15.0. The first kappa shape index (κ1) is 21.6. The minimum atomic E-state index is -0.0581. The van der Waals surface area contributed by atoms with Crippen molar-refractivity contribution >= 4 is 44.5 Å². The number of anilines is 1. The summed E-state index contributed by atoms with van der Waals surface area (Å²) < 4.78 is 2.98. The summed E-state index contributed by atoms with van der Waals surface area (Å²) in [6.07, 6.45) is 2.42. The number of rotatable bonds is 7. The lowest BCUT2D eigenvalue weighted by atomic mass is 10.1. The van der Waals surface area contributed by atoms with E-state index in [0.717, 1.165) is 46.4 Å². The normalized spacial score (nSPS) is 16.3. The van der Waals surface area contributed by atoms with Gasteiger partial charge in [0.25, 0.3) is 0 Å². The zero-order valence-corrected chi connectivity index (χ0v) is 19.5. The molecule has 2 aromatic carbocycles. The number of nitrogens with zero attached hydrogens (tertiary/aromatic N) is 4. The zero-order chi connectivity index (χ0) is 22.0. The summed E-state index contributed by atoms with van der Waals surface area (Å²) in [4.78, 5) is 34.2. The number of unbranched alkanes of at least 4 members (excludes halogenated alkanes) is 1. The van der Waals surface area contributed by atoms with E-state index in [1.165, 1.54) is 0 Å². The number of carbonyl (C=O) groups is 2. The molecular formula is C24H27BrN4O2. The van der Waals surface area contributed by atoms with Crippen LogP contribution in [0.1, 0.15) is 37.9 Å². The molecule has 1 fully saturated rings. The zero-order valence-electron chi connectivity index (χ0n) is 17.9. The maximum Gasteiger partial charge on any atom is 0.242 e. The number of hydrogen-bond donors (Lipinski definition) is 0. The Hall–Kier alpha value is -2.67. The van der Waals surface area contributed by atoms with Gasteiger partial charge in [-0.15, -0.1) is 0 Å². The van der Waals surface area contributed by atoms with Crippen molar-refractivity contribution in [3.63, 3.8) is 0 Å². The molecule has 4 rings (SSSR count). The van der Waals surface area contributed by atoms with Crippen molar-refractivity contribution in [2.75, 3.05) is 25.0 Å².